The highest BCUT2D eigenvalue weighted by Crippen LogP contribution is 2.52. The van der Waals surface area contributed by atoms with E-state index >= 15 is 0 Å². The van der Waals surface area contributed by atoms with Crippen LogP contribution in [0.5, 0.6) is 40.2 Å². The van der Waals surface area contributed by atoms with Gasteiger partial charge in [0.05, 0.1) is 67.9 Å². The minimum absolute atomic E-state index is 0.0114. The van der Waals surface area contributed by atoms with E-state index in [1.54, 1.807) is 46.6 Å². The van der Waals surface area contributed by atoms with E-state index in [0.29, 0.717) is 58.7 Å². The summed E-state index contributed by atoms with van der Waals surface area (Å²) in [7, 11) is 13.2. The van der Waals surface area contributed by atoms with Crippen molar-refractivity contribution in [1.82, 2.24) is 9.80 Å². The molecule has 12 heteroatoms. The number of nitriles is 1. The summed E-state index contributed by atoms with van der Waals surface area (Å²) < 4.78 is 45.1. The van der Waals surface area contributed by atoms with Crippen molar-refractivity contribution in [1.29, 1.82) is 5.26 Å². The smallest absolute Gasteiger partial charge is 0.330 e. The molecule has 12 nitrogen and oxygen atoms in total. The number of piperazine rings is 1. The van der Waals surface area contributed by atoms with Gasteiger partial charge in [0, 0.05) is 18.2 Å². The van der Waals surface area contributed by atoms with Gasteiger partial charge in [0.15, 0.2) is 34.5 Å². The largest absolute Gasteiger partial charge is 0.493 e. The van der Waals surface area contributed by atoms with Crippen LogP contribution < -0.4 is 33.2 Å². The fourth-order valence-corrected chi connectivity index (χ4v) is 7.92. The lowest BCUT2D eigenvalue weighted by atomic mass is 9.72. The SMILES string of the molecule is COc1cc2c(cc1OC)[C@@H]1[C@@H]3Cc4cc(OC)c(OC)cc4[C@H](COC(=O)/C=C/c4cc(OC)c(OC)c(OC)c4)N3[C@@H](C#N)[C@H](C2)N1C. The predicted molar refractivity (Wildman–Crippen MR) is 185 cm³/mol. The second kappa shape index (κ2) is 14.4. The van der Waals surface area contributed by atoms with E-state index in [1.165, 1.54) is 27.4 Å². The van der Waals surface area contributed by atoms with Crippen LogP contribution in [0.3, 0.4) is 0 Å². The van der Waals surface area contributed by atoms with Crippen molar-refractivity contribution in [3.63, 3.8) is 0 Å². The number of carbonyl (C=O) groups excluding carboxylic acids is 1. The number of hydrogen-bond donors (Lipinski definition) is 0. The molecule has 0 unspecified atom stereocenters. The molecule has 6 rings (SSSR count). The van der Waals surface area contributed by atoms with Crippen molar-refractivity contribution in [2.24, 2.45) is 0 Å². The van der Waals surface area contributed by atoms with Gasteiger partial charge in [-0.25, -0.2) is 4.79 Å². The van der Waals surface area contributed by atoms with Gasteiger partial charge in [-0.05, 0) is 90.2 Å². The topological polar surface area (TPSA) is 121 Å². The van der Waals surface area contributed by atoms with Crippen LogP contribution in [0.25, 0.3) is 6.08 Å². The van der Waals surface area contributed by atoms with E-state index in [-0.39, 0.29) is 24.7 Å². The summed E-state index contributed by atoms with van der Waals surface area (Å²) in [5.74, 6) is 3.34. The van der Waals surface area contributed by atoms with Crippen LogP contribution >= 0.6 is 0 Å². The Morgan fingerprint density at radius 1 is 0.740 bits per heavy atom. The lowest BCUT2D eigenvalue weighted by molar-refractivity contribution is -0.143. The quantitative estimate of drug-likeness (QED) is 0.204. The standard InChI is InChI=1S/C38H43N3O9/c1-40-26-13-23-16-31(44-3)33(46-5)18-25(23)37(40)27-14-22-15-30(43-2)32(45-4)17-24(22)29(41(27)28(26)19-39)20-50-36(42)10-9-21-11-34(47-6)38(49-8)35(12-21)48-7/h9-12,15-18,26-29,37H,13-14,20H2,1-8H3/b10-9+/t26-,27-,28-,29-,37+/m0/s1. The first-order chi connectivity index (χ1) is 24.2. The summed E-state index contributed by atoms with van der Waals surface area (Å²) in [5, 5.41) is 10.8. The number of carbonyl (C=O) groups is 1. The third kappa shape index (κ3) is 5.90. The zero-order valence-corrected chi connectivity index (χ0v) is 29.6. The molecule has 3 aliphatic rings. The first kappa shape index (κ1) is 34.7. The second-order valence-electron chi connectivity index (χ2n) is 12.4. The number of benzene rings is 3. The number of esters is 1. The predicted octanol–water partition coefficient (Wildman–Crippen LogP) is 4.77. The molecule has 3 heterocycles. The average molecular weight is 686 g/mol. The van der Waals surface area contributed by atoms with E-state index in [9.17, 15) is 10.1 Å². The summed E-state index contributed by atoms with van der Waals surface area (Å²) in [5.41, 5.74) is 4.89. The number of ether oxygens (including phenoxy) is 8. The fraction of sp³-hybridized carbons (Fsp3) is 0.421. The van der Waals surface area contributed by atoms with Crippen LogP contribution in [-0.4, -0.2) is 97.3 Å². The van der Waals surface area contributed by atoms with Gasteiger partial charge in [-0.15, -0.1) is 0 Å². The fourth-order valence-electron chi connectivity index (χ4n) is 7.92. The molecule has 5 atom stereocenters. The Morgan fingerprint density at radius 3 is 1.80 bits per heavy atom. The highest BCUT2D eigenvalue weighted by Gasteiger charge is 2.54. The molecule has 0 N–H and O–H groups in total. The van der Waals surface area contributed by atoms with Crippen LogP contribution in [0.15, 0.2) is 42.5 Å². The molecular weight excluding hydrogens is 642 g/mol. The molecule has 50 heavy (non-hydrogen) atoms. The summed E-state index contributed by atoms with van der Waals surface area (Å²) in [4.78, 5) is 17.9. The molecule has 1 fully saturated rings. The minimum atomic E-state index is -0.534. The molecule has 0 spiro atoms. The lowest BCUT2D eigenvalue weighted by Gasteiger charge is -2.59. The average Bonchev–Trinajstić information content (AvgIpc) is 3.14. The first-order valence-electron chi connectivity index (χ1n) is 16.3. The molecule has 0 radical (unpaired) electrons. The van der Waals surface area contributed by atoms with Crippen LogP contribution in [0, 0.1) is 11.3 Å². The minimum Gasteiger partial charge on any atom is -0.493 e. The Morgan fingerprint density at radius 2 is 1.26 bits per heavy atom. The molecule has 3 aromatic carbocycles. The second-order valence-corrected chi connectivity index (χ2v) is 12.4. The molecule has 0 amide bonds. The summed E-state index contributed by atoms with van der Waals surface area (Å²) in [6.45, 7) is 0.0114. The van der Waals surface area contributed by atoms with E-state index in [2.05, 4.69) is 29.0 Å². The Balaban J connectivity index is 1.38. The molecule has 0 saturated carbocycles. The van der Waals surface area contributed by atoms with E-state index in [4.69, 9.17) is 37.9 Å². The van der Waals surface area contributed by atoms with Gasteiger partial charge < -0.3 is 37.9 Å². The van der Waals surface area contributed by atoms with Crippen LogP contribution in [0.4, 0.5) is 0 Å². The number of likely N-dealkylation sites (N-methyl/N-ethyl adjacent to an activating group) is 1. The maximum Gasteiger partial charge on any atom is 0.330 e. The van der Waals surface area contributed by atoms with Gasteiger partial charge >= 0.3 is 5.97 Å². The van der Waals surface area contributed by atoms with Crippen LogP contribution in [0.1, 0.15) is 39.9 Å². The third-order valence-corrected chi connectivity index (χ3v) is 10.2. The Bertz CT molecular complexity index is 1810. The van der Waals surface area contributed by atoms with E-state index in [0.717, 1.165) is 22.3 Å². The van der Waals surface area contributed by atoms with Gasteiger partial charge in [0.25, 0.3) is 0 Å². The van der Waals surface area contributed by atoms with Crippen LogP contribution in [-0.2, 0) is 22.4 Å². The Labute approximate surface area is 292 Å². The molecular formula is C38H43N3O9. The first-order valence-corrected chi connectivity index (χ1v) is 16.3. The highest BCUT2D eigenvalue weighted by atomic mass is 16.5. The zero-order chi connectivity index (χ0) is 35.7. The zero-order valence-electron chi connectivity index (χ0n) is 29.6. The molecule has 264 valence electrons. The molecule has 2 bridgehead atoms. The van der Waals surface area contributed by atoms with Gasteiger partial charge in [0.1, 0.15) is 12.6 Å². The monoisotopic (exact) mass is 685 g/mol. The van der Waals surface area contributed by atoms with Crippen molar-refractivity contribution in [2.45, 2.75) is 43.1 Å². The maximum atomic E-state index is 13.3. The number of nitrogens with zero attached hydrogens (tertiary/aromatic N) is 3. The van der Waals surface area contributed by atoms with Crippen molar-refractivity contribution in [3.05, 3.63) is 70.3 Å². The number of fused-ring (bicyclic) bond motifs is 7. The van der Waals surface area contributed by atoms with E-state index < -0.39 is 18.1 Å². The van der Waals surface area contributed by atoms with Crippen LogP contribution in [0.2, 0.25) is 0 Å². The maximum absolute atomic E-state index is 13.3. The number of rotatable bonds is 11. The molecule has 3 aliphatic heterocycles. The van der Waals surface area contributed by atoms with Gasteiger partial charge in [-0.1, -0.05) is 0 Å². The molecule has 0 aliphatic carbocycles. The van der Waals surface area contributed by atoms with E-state index in [1.807, 2.05) is 18.2 Å². The summed E-state index contributed by atoms with van der Waals surface area (Å²) in [6, 6.07) is 12.9. The Kier molecular flexibility index (Phi) is 10.00. The van der Waals surface area contributed by atoms with Gasteiger partial charge in [0.2, 0.25) is 5.75 Å². The summed E-state index contributed by atoms with van der Waals surface area (Å²) in [6.07, 6.45) is 4.28. The third-order valence-electron chi connectivity index (χ3n) is 10.2. The highest BCUT2D eigenvalue weighted by molar-refractivity contribution is 5.87. The number of methoxy groups -OCH3 is 7. The van der Waals surface area contributed by atoms with Crippen molar-refractivity contribution in [3.8, 4) is 46.3 Å². The molecule has 0 aromatic heterocycles. The van der Waals surface area contributed by atoms with Crippen molar-refractivity contribution in [2.75, 3.05) is 63.4 Å². The van der Waals surface area contributed by atoms with Crippen molar-refractivity contribution >= 4 is 12.0 Å². The summed E-state index contributed by atoms with van der Waals surface area (Å²) >= 11 is 0. The lowest BCUT2D eigenvalue weighted by Crippen LogP contribution is -2.68. The van der Waals surface area contributed by atoms with Gasteiger partial charge in [-0.2, -0.15) is 5.26 Å². The molecule has 3 aromatic rings. The van der Waals surface area contributed by atoms with Gasteiger partial charge in [-0.3, -0.25) is 9.80 Å². The Hall–Kier alpha value is -5.12. The molecule has 1 saturated heterocycles. The number of hydrogen-bond acceptors (Lipinski definition) is 12. The normalized spacial score (nSPS) is 22.3. The van der Waals surface area contributed by atoms with Crippen molar-refractivity contribution < 1.29 is 42.7 Å².